The minimum Gasteiger partial charge on any atom is -0.371 e. The summed E-state index contributed by atoms with van der Waals surface area (Å²) < 4.78 is 49.0. The van der Waals surface area contributed by atoms with E-state index >= 15 is 8.78 Å². The molecule has 1 aliphatic heterocycles. The van der Waals surface area contributed by atoms with Crippen molar-refractivity contribution in [2.75, 3.05) is 11.6 Å². The van der Waals surface area contributed by atoms with E-state index in [1.54, 1.807) is 27.7 Å². The number of hydrogen-bond acceptors (Lipinski definition) is 4. The summed E-state index contributed by atoms with van der Waals surface area (Å²) in [5.74, 6) is -1.13. The van der Waals surface area contributed by atoms with Crippen LogP contribution in [-0.2, 0) is 5.54 Å². The van der Waals surface area contributed by atoms with E-state index in [0.29, 0.717) is 28.2 Å². The summed E-state index contributed by atoms with van der Waals surface area (Å²) in [4.78, 5) is 0. The van der Waals surface area contributed by atoms with Crippen molar-refractivity contribution in [3.8, 4) is 16.8 Å². The predicted octanol–water partition coefficient (Wildman–Crippen LogP) is 5.40. The molecule has 30 heavy (non-hydrogen) atoms. The van der Waals surface area contributed by atoms with Crippen LogP contribution < -0.4 is 5.32 Å². The van der Waals surface area contributed by atoms with E-state index < -0.39 is 23.0 Å². The zero-order valence-corrected chi connectivity index (χ0v) is 17.5. The fourth-order valence-corrected chi connectivity index (χ4v) is 4.68. The highest BCUT2D eigenvalue weighted by Gasteiger charge is 2.37. The van der Waals surface area contributed by atoms with Crippen LogP contribution in [0, 0.1) is 24.4 Å². The van der Waals surface area contributed by atoms with E-state index in [1.165, 1.54) is 30.1 Å². The Hall–Kier alpha value is -2.94. The molecule has 0 saturated carbocycles. The number of halogens is 3. The van der Waals surface area contributed by atoms with Crippen LogP contribution in [0.2, 0.25) is 0 Å². The zero-order chi connectivity index (χ0) is 21.4. The predicted molar refractivity (Wildman–Crippen MR) is 112 cm³/mol. The van der Waals surface area contributed by atoms with Gasteiger partial charge in [-0.3, -0.25) is 8.54 Å². The summed E-state index contributed by atoms with van der Waals surface area (Å²) >= 11 is 1.37. The summed E-state index contributed by atoms with van der Waals surface area (Å²) in [7, 11) is 0. The smallest absolute Gasteiger partial charge is 0.162 e. The Bertz CT molecular complexity index is 1340. The molecule has 3 heterocycles. The molecule has 0 bridgehead atoms. The number of hydrogen-bond donors (Lipinski definition) is 1. The Morgan fingerprint density at radius 2 is 1.87 bits per heavy atom. The summed E-state index contributed by atoms with van der Waals surface area (Å²) in [6, 6.07) is 5.51. The highest BCUT2D eigenvalue weighted by molar-refractivity contribution is 7.97. The highest BCUT2D eigenvalue weighted by atomic mass is 32.2. The van der Waals surface area contributed by atoms with Gasteiger partial charge in [-0.25, -0.2) is 13.2 Å². The Morgan fingerprint density at radius 3 is 2.60 bits per heavy atom. The Kier molecular flexibility index (Phi) is 3.99. The van der Waals surface area contributed by atoms with Gasteiger partial charge in [-0.2, -0.15) is 0 Å². The highest BCUT2D eigenvalue weighted by Crippen LogP contribution is 2.43. The number of aryl methyl sites for hydroxylation is 1. The zero-order valence-electron chi connectivity index (χ0n) is 16.7. The number of rotatable bonds is 2. The summed E-state index contributed by atoms with van der Waals surface area (Å²) in [5.41, 5.74) is 0.185. The van der Waals surface area contributed by atoms with Crippen LogP contribution in [0.5, 0.6) is 0 Å². The van der Waals surface area contributed by atoms with Gasteiger partial charge in [0, 0.05) is 23.9 Å². The molecule has 0 saturated heterocycles. The van der Waals surface area contributed by atoms with Crippen molar-refractivity contribution in [1.82, 2.24) is 18.7 Å². The maximum absolute atomic E-state index is 15.9. The van der Waals surface area contributed by atoms with Gasteiger partial charge in [0.2, 0.25) is 0 Å². The summed E-state index contributed by atoms with van der Waals surface area (Å²) in [5, 5.41) is 12.0. The SMILES string of the molecule is CSn1ccc2c(-c3c(F)cc4c(c3F)-n3c(C)nnc3C(C)(C)N4)cc(F)cc21. The van der Waals surface area contributed by atoms with Crippen molar-refractivity contribution in [2.45, 2.75) is 26.3 Å². The monoisotopic (exact) mass is 429 g/mol. The van der Waals surface area contributed by atoms with Crippen molar-refractivity contribution >= 4 is 28.5 Å². The number of benzene rings is 2. The van der Waals surface area contributed by atoms with E-state index in [2.05, 4.69) is 15.5 Å². The maximum atomic E-state index is 15.9. The van der Waals surface area contributed by atoms with Gasteiger partial charge in [-0.1, -0.05) is 0 Å². The average molecular weight is 429 g/mol. The van der Waals surface area contributed by atoms with E-state index in [9.17, 15) is 4.39 Å². The van der Waals surface area contributed by atoms with Crippen LogP contribution in [0.4, 0.5) is 18.9 Å². The van der Waals surface area contributed by atoms with Crippen molar-refractivity contribution in [1.29, 1.82) is 0 Å². The lowest BCUT2D eigenvalue weighted by Gasteiger charge is -2.34. The Morgan fingerprint density at radius 1 is 1.10 bits per heavy atom. The van der Waals surface area contributed by atoms with Gasteiger partial charge in [-0.05, 0) is 56.5 Å². The van der Waals surface area contributed by atoms with Crippen LogP contribution in [0.15, 0.2) is 30.5 Å². The number of nitrogens with zero attached hydrogens (tertiary/aromatic N) is 4. The molecule has 154 valence electrons. The molecule has 0 radical (unpaired) electrons. The van der Waals surface area contributed by atoms with Gasteiger partial charge < -0.3 is 5.32 Å². The second-order valence-electron chi connectivity index (χ2n) is 7.81. The van der Waals surface area contributed by atoms with E-state index in [-0.39, 0.29) is 16.8 Å². The van der Waals surface area contributed by atoms with Gasteiger partial charge in [0.25, 0.3) is 0 Å². The van der Waals surface area contributed by atoms with E-state index in [1.807, 2.05) is 20.1 Å². The topological polar surface area (TPSA) is 47.7 Å². The van der Waals surface area contributed by atoms with Crippen molar-refractivity contribution in [2.24, 2.45) is 0 Å². The third-order valence-electron chi connectivity index (χ3n) is 5.45. The number of aromatic nitrogens is 4. The number of anilines is 1. The molecule has 0 atom stereocenters. The van der Waals surface area contributed by atoms with Crippen molar-refractivity contribution in [3.63, 3.8) is 0 Å². The summed E-state index contributed by atoms with van der Waals surface area (Å²) in [6.07, 6.45) is 3.59. The quantitative estimate of drug-likeness (QED) is 0.463. The van der Waals surface area contributed by atoms with Crippen molar-refractivity contribution < 1.29 is 13.2 Å². The molecule has 0 amide bonds. The molecule has 9 heteroatoms. The van der Waals surface area contributed by atoms with Crippen LogP contribution in [0.3, 0.4) is 0 Å². The molecular formula is C21H18F3N5S. The molecule has 5 nitrogen and oxygen atoms in total. The minimum atomic E-state index is -0.791. The Balaban J connectivity index is 1.86. The molecule has 4 aromatic rings. The van der Waals surface area contributed by atoms with Crippen LogP contribution in [0.25, 0.3) is 27.7 Å². The van der Waals surface area contributed by atoms with Gasteiger partial charge >= 0.3 is 0 Å². The third-order valence-corrected chi connectivity index (χ3v) is 6.16. The van der Waals surface area contributed by atoms with E-state index in [4.69, 9.17) is 0 Å². The lowest BCUT2D eigenvalue weighted by Crippen LogP contribution is -2.36. The van der Waals surface area contributed by atoms with Crippen molar-refractivity contribution in [3.05, 3.63) is 59.6 Å². The first-order chi connectivity index (χ1) is 14.2. The molecule has 0 spiro atoms. The molecule has 0 aliphatic carbocycles. The first-order valence-electron chi connectivity index (χ1n) is 9.31. The molecule has 1 aliphatic rings. The maximum Gasteiger partial charge on any atom is 0.162 e. The fraction of sp³-hybridized carbons (Fsp3) is 0.238. The van der Waals surface area contributed by atoms with Gasteiger partial charge in [0.15, 0.2) is 11.6 Å². The molecule has 5 rings (SSSR count). The van der Waals surface area contributed by atoms with E-state index in [0.717, 1.165) is 0 Å². The summed E-state index contributed by atoms with van der Waals surface area (Å²) in [6.45, 7) is 5.44. The van der Waals surface area contributed by atoms with Crippen LogP contribution >= 0.6 is 11.9 Å². The van der Waals surface area contributed by atoms with Gasteiger partial charge in [0.1, 0.15) is 23.1 Å². The fourth-order valence-electron chi connectivity index (χ4n) is 4.15. The lowest BCUT2D eigenvalue weighted by atomic mass is 9.95. The number of nitrogens with one attached hydrogen (secondary N) is 1. The second-order valence-corrected chi connectivity index (χ2v) is 8.57. The molecule has 2 aromatic carbocycles. The lowest BCUT2D eigenvalue weighted by molar-refractivity contribution is 0.517. The van der Waals surface area contributed by atoms with Gasteiger partial charge in [-0.15, -0.1) is 10.2 Å². The van der Waals surface area contributed by atoms with Crippen LogP contribution in [-0.4, -0.2) is 25.0 Å². The minimum absolute atomic E-state index is 0.130. The molecule has 0 unspecified atom stereocenters. The molecular weight excluding hydrogens is 411 g/mol. The first-order valence-corrected chi connectivity index (χ1v) is 10.5. The Labute approximate surface area is 175 Å². The molecule has 0 fully saturated rings. The average Bonchev–Trinajstić information content (AvgIpc) is 3.25. The standard InChI is InChI=1S/C21H18F3N5S/c1-10-26-27-20-21(2,3)25-15-9-14(23)17(18(24)19(15)29(10)20)13-7-11(22)8-16-12(13)5-6-28(16)30-4/h5-9,25H,1-4H3. The molecule has 1 N–H and O–H groups in total. The molecule has 2 aromatic heterocycles. The second kappa shape index (κ2) is 6.28. The number of fused-ring (bicyclic) bond motifs is 4. The largest absolute Gasteiger partial charge is 0.371 e. The third kappa shape index (κ3) is 2.51. The normalized spacial score (nSPS) is 14.5. The first kappa shape index (κ1) is 19.0. The van der Waals surface area contributed by atoms with Gasteiger partial charge in [0.05, 0.1) is 22.3 Å². The van der Waals surface area contributed by atoms with Crippen LogP contribution in [0.1, 0.15) is 25.5 Å².